The summed E-state index contributed by atoms with van der Waals surface area (Å²) in [5.74, 6) is 0.531. The number of hydrogen-bond acceptors (Lipinski definition) is 5. The molecule has 0 aliphatic rings. The molecule has 0 spiro atoms. The fraction of sp³-hybridized carbons (Fsp3) is 0.0952. The van der Waals surface area contributed by atoms with E-state index in [0.29, 0.717) is 33.5 Å². The molecule has 0 unspecified atom stereocenters. The minimum atomic E-state index is -4.22. The largest absolute Gasteiger partial charge is 0.493 e. The topological polar surface area (TPSA) is 65.5 Å². The molecule has 0 atom stereocenters. The highest BCUT2D eigenvalue weighted by Gasteiger charge is 2.24. The zero-order valence-electron chi connectivity index (χ0n) is 15.2. The van der Waals surface area contributed by atoms with Gasteiger partial charge < -0.3 is 8.92 Å². The van der Waals surface area contributed by atoms with E-state index in [1.165, 1.54) is 18.3 Å². The number of rotatable bonds is 5. The van der Waals surface area contributed by atoms with Crippen molar-refractivity contribution in [2.45, 2.75) is 11.8 Å². The predicted molar refractivity (Wildman–Crippen MR) is 115 cm³/mol. The van der Waals surface area contributed by atoms with Crippen LogP contribution in [-0.2, 0) is 10.1 Å². The van der Waals surface area contributed by atoms with E-state index in [4.69, 9.17) is 32.1 Å². The summed E-state index contributed by atoms with van der Waals surface area (Å²) in [5, 5.41) is 2.11. The molecule has 29 heavy (non-hydrogen) atoms. The molecule has 3 aromatic carbocycles. The average molecular weight is 448 g/mol. The van der Waals surface area contributed by atoms with Gasteiger partial charge in [0, 0.05) is 22.4 Å². The molecular formula is C21H15Cl2NO4S. The number of hydrogen-bond donors (Lipinski definition) is 0. The normalized spacial score (nSPS) is 11.7. The van der Waals surface area contributed by atoms with Crippen LogP contribution in [0, 0.1) is 0 Å². The van der Waals surface area contributed by atoms with E-state index in [0.717, 1.165) is 0 Å². The van der Waals surface area contributed by atoms with E-state index in [2.05, 4.69) is 4.98 Å². The van der Waals surface area contributed by atoms with E-state index in [-0.39, 0.29) is 21.2 Å². The first-order chi connectivity index (χ1) is 13.9. The molecule has 1 aromatic heterocycles. The van der Waals surface area contributed by atoms with Gasteiger partial charge in [-0.2, -0.15) is 8.42 Å². The van der Waals surface area contributed by atoms with E-state index in [1.807, 2.05) is 13.0 Å². The van der Waals surface area contributed by atoms with Crippen LogP contribution in [0.5, 0.6) is 11.5 Å². The third-order valence-electron chi connectivity index (χ3n) is 4.36. The lowest BCUT2D eigenvalue weighted by molar-refractivity contribution is 0.344. The molecule has 0 aliphatic heterocycles. The third kappa shape index (κ3) is 3.59. The van der Waals surface area contributed by atoms with Crippen LogP contribution >= 0.6 is 23.2 Å². The summed E-state index contributed by atoms with van der Waals surface area (Å²) in [7, 11) is -4.22. The van der Waals surface area contributed by atoms with Crippen molar-refractivity contribution in [2.75, 3.05) is 6.61 Å². The van der Waals surface area contributed by atoms with Gasteiger partial charge in [-0.05, 0) is 37.3 Å². The van der Waals surface area contributed by atoms with Crippen molar-refractivity contribution in [1.82, 2.24) is 4.98 Å². The summed E-state index contributed by atoms with van der Waals surface area (Å²) >= 11 is 12.5. The lowest BCUT2D eigenvalue weighted by atomic mass is 10.1. The maximum atomic E-state index is 13.2. The Bertz CT molecular complexity index is 1340. The fourth-order valence-electron chi connectivity index (χ4n) is 3.12. The van der Waals surface area contributed by atoms with Crippen molar-refractivity contribution in [3.63, 3.8) is 0 Å². The van der Waals surface area contributed by atoms with Crippen LogP contribution in [0.25, 0.3) is 21.7 Å². The number of nitrogens with zero attached hydrogens (tertiary/aromatic N) is 1. The van der Waals surface area contributed by atoms with E-state index < -0.39 is 10.1 Å². The summed E-state index contributed by atoms with van der Waals surface area (Å²) in [4.78, 5) is 4.21. The van der Waals surface area contributed by atoms with Crippen LogP contribution in [0.2, 0.25) is 10.0 Å². The second kappa shape index (κ2) is 7.71. The van der Waals surface area contributed by atoms with Crippen molar-refractivity contribution in [1.29, 1.82) is 0 Å². The number of pyridine rings is 1. The summed E-state index contributed by atoms with van der Waals surface area (Å²) < 4.78 is 37.5. The molecule has 8 heteroatoms. The number of fused-ring (bicyclic) bond motifs is 2. The summed E-state index contributed by atoms with van der Waals surface area (Å²) in [6.45, 7) is 2.33. The summed E-state index contributed by atoms with van der Waals surface area (Å²) in [5.41, 5.74) is 0.267. The molecule has 4 aromatic rings. The molecule has 0 radical (unpaired) electrons. The van der Waals surface area contributed by atoms with Crippen LogP contribution in [0.3, 0.4) is 0 Å². The standard InChI is InChI=1S/C21H15Cl2NO4S/c1-2-27-18-9-10-19(14-7-4-3-6-13(14)18)29(25,26)28-21-17(23)12-16(22)15-8-5-11-24-20(15)21/h3-12H,2H2,1H3. The van der Waals surface area contributed by atoms with Gasteiger partial charge in [-0.1, -0.05) is 47.5 Å². The quantitative estimate of drug-likeness (QED) is 0.358. The molecule has 0 saturated carbocycles. The Morgan fingerprint density at radius 3 is 2.41 bits per heavy atom. The average Bonchev–Trinajstić information content (AvgIpc) is 2.71. The summed E-state index contributed by atoms with van der Waals surface area (Å²) in [6, 6.07) is 15.0. The van der Waals surface area contributed by atoms with Gasteiger partial charge in [0.1, 0.15) is 16.2 Å². The Morgan fingerprint density at radius 1 is 0.931 bits per heavy atom. The maximum Gasteiger partial charge on any atom is 0.339 e. The molecular weight excluding hydrogens is 433 g/mol. The van der Waals surface area contributed by atoms with Gasteiger partial charge >= 0.3 is 10.1 Å². The van der Waals surface area contributed by atoms with Gasteiger partial charge in [-0.15, -0.1) is 0 Å². The summed E-state index contributed by atoms with van der Waals surface area (Å²) in [6.07, 6.45) is 1.51. The first-order valence-electron chi connectivity index (χ1n) is 8.74. The van der Waals surface area contributed by atoms with E-state index in [9.17, 15) is 8.42 Å². The molecule has 1 heterocycles. The highest BCUT2D eigenvalue weighted by Crippen LogP contribution is 2.39. The highest BCUT2D eigenvalue weighted by molar-refractivity contribution is 7.87. The number of benzene rings is 3. The van der Waals surface area contributed by atoms with Crippen molar-refractivity contribution in [2.24, 2.45) is 0 Å². The van der Waals surface area contributed by atoms with Gasteiger partial charge in [0.2, 0.25) is 0 Å². The first kappa shape index (κ1) is 19.8. The Hall–Kier alpha value is -2.54. The lowest BCUT2D eigenvalue weighted by Gasteiger charge is -2.14. The van der Waals surface area contributed by atoms with Gasteiger partial charge in [-0.25, -0.2) is 0 Å². The van der Waals surface area contributed by atoms with Crippen molar-refractivity contribution in [3.8, 4) is 11.5 Å². The second-order valence-electron chi connectivity index (χ2n) is 6.15. The highest BCUT2D eigenvalue weighted by atomic mass is 35.5. The molecule has 0 bridgehead atoms. The smallest absolute Gasteiger partial charge is 0.339 e. The minimum absolute atomic E-state index is 0.00616. The number of ether oxygens (including phenoxy) is 1. The van der Waals surface area contributed by atoms with Crippen LogP contribution < -0.4 is 8.92 Å². The first-order valence-corrected chi connectivity index (χ1v) is 10.9. The molecule has 0 amide bonds. The van der Waals surface area contributed by atoms with Gasteiger partial charge in [-0.3, -0.25) is 4.98 Å². The predicted octanol–water partition coefficient (Wildman–Crippen LogP) is 5.86. The minimum Gasteiger partial charge on any atom is -0.493 e. The molecule has 4 rings (SSSR count). The van der Waals surface area contributed by atoms with Crippen molar-refractivity contribution >= 4 is 55.0 Å². The molecule has 0 saturated heterocycles. The second-order valence-corrected chi connectivity index (χ2v) is 8.48. The molecule has 0 fully saturated rings. The van der Waals surface area contributed by atoms with Gasteiger partial charge in [0.05, 0.1) is 16.7 Å². The number of aromatic nitrogens is 1. The Labute approximate surface area is 177 Å². The zero-order chi connectivity index (χ0) is 20.6. The Morgan fingerprint density at radius 2 is 1.66 bits per heavy atom. The zero-order valence-corrected chi connectivity index (χ0v) is 17.6. The van der Waals surface area contributed by atoms with Gasteiger partial charge in [0.15, 0.2) is 5.75 Å². The van der Waals surface area contributed by atoms with Crippen molar-refractivity contribution in [3.05, 3.63) is 70.8 Å². The Balaban J connectivity index is 1.88. The molecule has 5 nitrogen and oxygen atoms in total. The molecule has 0 N–H and O–H groups in total. The van der Waals surface area contributed by atoms with Crippen LogP contribution in [0.4, 0.5) is 0 Å². The fourth-order valence-corrected chi connectivity index (χ4v) is 4.88. The van der Waals surface area contributed by atoms with Crippen molar-refractivity contribution < 1.29 is 17.3 Å². The molecule has 148 valence electrons. The Kier molecular flexibility index (Phi) is 5.25. The number of halogens is 2. The van der Waals surface area contributed by atoms with Crippen LogP contribution in [-0.4, -0.2) is 20.0 Å². The monoisotopic (exact) mass is 447 g/mol. The van der Waals surface area contributed by atoms with Crippen LogP contribution in [0.1, 0.15) is 6.92 Å². The lowest BCUT2D eigenvalue weighted by Crippen LogP contribution is -2.11. The SMILES string of the molecule is CCOc1ccc(S(=O)(=O)Oc2c(Cl)cc(Cl)c3cccnc23)c2ccccc12. The third-order valence-corrected chi connectivity index (χ3v) is 6.23. The van der Waals surface area contributed by atoms with Gasteiger partial charge in [0.25, 0.3) is 0 Å². The maximum absolute atomic E-state index is 13.2. The molecule has 0 aliphatic carbocycles. The van der Waals surface area contributed by atoms with E-state index >= 15 is 0 Å². The van der Waals surface area contributed by atoms with Crippen LogP contribution in [0.15, 0.2) is 65.7 Å². The van der Waals surface area contributed by atoms with E-state index in [1.54, 1.807) is 36.4 Å².